The topological polar surface area (TPSA) is 55.6 Å². The molecule has 0 radical (unpaired) electrons. The number of carbonyl (C=O) groups is 1. The van der Waals surface area contributed by atoms with Gasteiger partial charge in [-0.15, -0.1) is 0 Å². The van der Waals surface area contributed by atoms with E-state index in [0.717, 1.165) is 0 Å². The van der Waals surface area contributed by atoms with E-state index in [1.807, 2.05) is 0 Å². The molecule has 0 heterocycles. The molecule has 0 saturated heterocycles. The van der Waals surface area contributed by atoms with Crippen molar-refractivity contribution in [1.82, 2.24) is 5.06 Å². The van der Waals surface area contributed by atoms with Gasteiger partial charge in [-0.2, -0.15) is 0 Å². The third-order valence-electron chi connectivity index (χ3n) is 1.14. The summed E-state index contributed by atoms with van der Waals surface area (Å²) in [5, 5.41) is 1.31. The van der Waals surface area contributed by atoms with Gasteiger partial charge in [0.2, 0.25) is 0 Å². The molecule has 4 heteroatoms. The smallest absolute Gasteiger partial charge is 0.266 e. The summed E-state index contributed by atoms with van der Waals surface area (Å²) in [5.74, 6) is -0.494. The van der Waals surface area contributed by atoms with Crippen LogP contribution in [0.3, 0.4) is 0 Å². The fraction of sp³-hybridized carbons (Fsp3) is 0.500. The quantitative estimate of drug-likeness (QED) is 0.443. The van der Waals surface area contributed by atoms with Crippen molar-refractivity contribution in [2.24, 2.45) is 5.73 Å². The minimum absolute atomic E-state index is 0.350. The first-order chi connectivity index (χ1) is 4.63. The van der Waals surface area contributed by atoms with Crippen molar-refractivity contribution >= 4 is 5.91 Å². The molecule has 0 rings (SSSR count). The van der Waals surface area contributed by atoms with Gasteiger partial charge in [0.1, 0.15) is 5.70 Å². The second-order valence-corrected chi connectivity index (χ2v) is 1.72. The van der Waals surface area contributed by atoms with Crippen LogP contribution in [0.2, 0.25) is 0 Å². The van der Waals surface area contributed by atoms with Gasteiger partial charge in [-0.1, -0.05) is 6.08 Å². The molecule has 0 aliphatic heterocycles. The van der Waals surface area contributed by atoms with Crippen LogP contribution in [0.15, 0.2) is 11.8 Å². The first kappa shape index (κ1) is 8.97. The van der Waals surface area contributed by atoms with Crippen LogP contribution in [-0.2, 0) is 9.63 Å². The van der Waals surface area contributed by atoms with Gasteiger partial charge in [0.25, 0.3) is 5.91 Å². The number of likely N-dealkylation sites (N-methyl/N-ethyl adjacent to an activating group) is 1. The van der Waals surface area contributed by atoms with E-state index in [9.17, 15) is 4.79 Å². The number of primary amides is 1. The van der Waals surface area contributed by atoms with Crippen molar-refractivity contribution < 1.29 is 9.63 Å². The van der Waals surface area contributed by atoms with E-state index in [1.54, 1.807) is 20.0 Å². The lowest BCUT2D eigenvalue weighted by atomic mass is 10.4. The van der Waals surface area contributed by atoms with Crippen LogP contribution >= 0.6 is 0 Å². The van der Waals surface area contributed by atoms with Crippen LogP contribution in [0.25, 0.3) is 0 Å². The molecule has 0 saturated carbocycles. The number of nitrogens with zero attached hydrogens (tertiary/aromatic N) is 1. The van der Waals surface area contributed by atoms with Crippen LogP contribution in [0.1, 0.15) is 6.92 Å². The average molecular weight is 144 g/mol. The zero-order valence-corrected chi connectivity index (χ0v) is 6.42. The molecule has 2 N–H and O–H groups in total. The number of hydrogen-bond donors (Lipinski definition) is 1. The Morgan fingerprint density at radius 1 is 1.70 bits per heavy atom. The Labute approximate surface area is 60.2 Å². The van der Waals surface area contributed by atoms with E-state index in [-0.39, 0.29) is 0 Å². The number of amides is 1. The maximum atomic E-state index is 10.6. The summed E-state index contributed by atoms with van der Waals surface area (Å²) in [6, 6.07) is 0. The maximum absolute atomic E-state index is 10.6. The number of allylic oxidation sites excluding steroid dienone is 1. The molecule has 10 heavy (non-hydrogen) atoms. The van der Waals surface area contributed by atoms with Gasteiger partial charge >= 0.3 is 0 Å². The first-order valence-corrected chi connectivity index (χ1v) is 2.87. The van der Waals surface area contributed by atoms with Gasteiger partial charge in [0, 0.05) is 7.05 Å². The highest BCUT2D eigenvalue weighted by molar-refractivity contribution is 5.90. The largest absolute Gasteiger partial charge is 0.364 e. The zero-order valence-electron chi connectivity index (χ0n) is 6.42. The van der Waals surface area contributed by atoms with Crippen molar-refractivity contribution in [3.8, 4) is 0 Å². The Morgan fingerprint density at radius 3 is 2.30 bits per heavy atom. The average Bonchev–Trinajstić information content (AvgIpc) is 1.88. The van der Waals surface area contributed by atoms with Crippen LogP contribution in [0, 0.1) is 0 Å². The number of carbonyl (C=O) groups excluding carboxylic acids is 1. The molecule has 58 valence electrons. The van der Waals surface area contributed by atoms with E-state index in [1.165, 1.54) is 12.2 Å². The summed E-state index contributed by atoms with van der Waals surface area (Å²) in [4.78, 5) is 15.3. The van der Waals surface area contributed by atoms with Crippen molar-refractivity contribution in [2.75, 3.05) is 14.2 Å². The highest BCUT2D eigenvalue weighted by atomic mass is 16.7. The fourth-order valence-electron chi connectivity index (χ4n) is 0.578. The standard InChI is InChI=1S/C6H12N2O2/c1-4-5(6(7)9)8(2)10-3/h4H,1-3H3,(H2,7,9). The van der Waals surface area contributed by atoms with Crippen molar-refractivity contribution in [1.29, 1.82) is 0 Å². The maximum Gasteiger partial charge on any atom is 0.266 e. The van der Waals surface area contributed by atoms with Gasteiger partial charge in [-0.3, -0.25) is 14.7 Å². The number of rotatable bonds is 3. The Kier molecular flexibility index (Phi) is 3.49. The normalized spacial score (nSPS) is 11.3. The van der Waals surface area contributed by atoms with Gasteiger partial charge < -0.3 is 5.73 Å². The van der Waals surface area contributed by atoms with E-state index in [4.69, 9.17) is 10.6 Å². The molecule has 0 aliphatic rings. The van der Waals surface area contributed by atoms with Gasteiger partial charge in [-0.05, 0) is 6.92 Å². The highest BCUT2D eigenvalue weighted by Gasteiger charge is 2.07. The summed E-state index contributed by atoms with van der Waals surface area (Å²) < 4.78 is 0. The van der Waals surface area contributed by atoms with Crippen LogP contribution in [0.5, 0.6) is 0 Å². The first-order valence-electron chi connectivity index (χ1n) is 2.87. The van der Waals surface area contributed by atoms with E-state index in [0.29, 0.717) is 5.70 Å². The summed E-state index contributed by atoms with van der Waals surface area (Å²) >= 11 is 0. The SMILES string of the molecule is CC=C(C(N)=O)N(C)OC. The molecule has 0 atom stereocenters. The van der Waals surface area contributed by atoms with Crippen LogP contribution in [0.4, 0.5) is 0 Å². The minimum Gasteiger partial charge on any atom is -0.364 e. The number of hydroxylamine groups is 2. The second kappa shape index (κ2) is 3.90. The predicted molar refractivity (Wildman–Crippen MR) is 37.7 cm³/mol. The molecular formula is C6H12N2O2. The van der Waals surface area contributed by atoms with Crippen molar-refractivity contribution in [3.63, 3.8) is 0 Å². The summed E-state index contributed by atoms with van der Waals surface area (Å²) in [6.45, 7) is 1.72. The third kappa shape index (κ3) is 2.06. The molecule has 0 spiro atoms. The van der Waals surface area contributed by atoms with E-state index in [2.05, 4.69) is 0 Å². The monoisotopic (exact) mass is 144 g/mol. The lowest BCUT2D eigenvalue weighted by Gasteiger charge is -2.15. The van der Waals surface area contributed by atoms with E-state index >= 15 is 0 Å². The minimum atomic E-state index is -0.494. The molecule has 0 bridgehead atoms. The predicted octanol–water partition coefficient (Wildman–Crippen LogP) is -0.131. The number of nitrogens with two attached hydrogens (primary N) is 1. The Bertz CT molecular complexity index is 154. The molecule has 0 aliphatic carbocycles. The second-order valence-electron chi connectivity index (χ2n) is 1.72. The third-order valence-corrected chi connectivity index (χ3v) is 1.14. The van der Waals surface area contributed by atoms with E-state index < -0.39 is 5.91 Å². The zero-order chi connectivity index (χ0) is 8.15. The van der Waals surface area contributed by atoms with Crippen LogP contribution < -0.4 is 5.73 Å². The van der Waals surface area contributed by atoms with Crippen LogP contribution in [-0.4, -0.2) is 25.1 Å². The molecule has 0 aromatic heterocycles. The lowest BCUT2D eigenvalue weighted by molar-refractivity contribution is -0.126. The fourth-order valence-corrected chi connectivity index (χ4v) is 0.578. The number of hydrogen-bond acceptors (Lipinski definition) is 3. The molecule has 4 nitrogen and oxygen atoms in total. The highest BCUT2D eigenvalue weighted by Crippen LogP contribution is 1.98. The Morgan fingerprint density at radius 2 is 2.20 bits per heavy atom. The summed E-state index contributed by atoms with van der Waals surface area (Å²) in [6.07, 6.45) is 1.59. The molecule has 1 amide bonds. The summed E-state index contributed by atoms with van der Waals surface area (Å²) in [5.41, 5.74) is 5.34. The van der Waals surface area contributed by atoms with Gasteiger partial charge in [0.05, 0.1) is 7.11 Å². The Hall–Kier alpha value is -1.03. The summed E-state index contributed by atoms with van der Waals surface area (Å²) in [7, 11) is 3.08. The van der Waals surface area contributed by atoms with Gasteiger partial charge in [-0.25, -0.2) is 0 Å². The lowest BCUT2D eigenvalue weighted by Crippen LogP contribution is -2.27. The molecule has 0 fully saturated rings. The Balaban J connectivity index is 4.23. The molecular weight excluding hydrogens is 132 g/mol. The molecule has 0 aromatic carbocycles. The van der Waals surface area contributed by atoms with Crippen molar-refractivity contribution in [2.45, 2.75) is 6.92 Å². The molecule has 0 aromatic rings. The van der Waals surface area contributed by atoms with Crippen molar-refractivity contribution in [3.05, 3.63) is 11.8 Å². The van der Waals surface area contributed by atoms with Gasteiger partial charge in [0.15, 0.2) is 0 Å². The molecule has 0 unspecified atom stereocenters.